The third kappa shape index (κ3) is 2.59. The highest BCUT2D eigenvalue weighted by Crippen LogP contribution is 2.47. The number of benzene rings is 1. The van der Waals surface area contributed by atoms with Gasteiger partial charge in [-0.25, -0.2) is 8.42 Å². The molecule has 1 aromatic carbocycles. The van der Waals surface area contributed by atoms with Gasteiger partial charge in [-0.1, -0.05) is 43.5 Å². The summed E-state index contributed by atoms with van der Waals surface area (Å²) in [7, 11) is -3.42. The van der Waals surface area contributed by atoms with E-state index in [9.17, 15) is 8.42 Å². The molecule has 2 rings (SSSR count). The first-order chi connectivity index (χ1) is 9.45. The molecule has 0 radical (unpaired) electrons. The smallest absolute Gasteiger partial charge is 0.184 e. The van der Waals surface area contributed by atoms with E-state index >= 15 is 0 Å². The number of rotatable bonds is 5. The average molecular weight is 336 g/mol. The van der Waals surface area contributed by atoms with Crippen LogP contribution in [-0.2, 0) is 9.84 Å². The standard InChI is InChI=1S/C14H19Cl2NO2S/c1-3-5-11-13(17-8-4-2)12-9(15)6-7-10(16)14(12)20(11,18)19/h6-7,11,13,17H,3-5,8H2,1-2H3. The Morgan fingerprint density at radius 2 is 1.80 bits per heavy atom. The maximum absolute atomic E-state index is 12.7. The fraction of sp³-hybridized carbons (Fsp3) is 0.571. The lowest BCUT2D eigenvalue weighted by Crippen LogP contribution is -2.32. The molecule has 1 heterocycles. The van der Waals surface area contributed by atoms with Crippen LogP contribution in [0.1, 0.15) is 44.7 Å². The van der Waals surface area contributed by atoms with Gasteiger partial charge in [0.1, 0.15) is 0 Å². The molecule has 1 aliphatic heterocycles. The van der Waals surface area contributed by atoms with Crippen LogP contribution in [0.4, 0.5) is 0 Å². The molecule has 0 amide bonds. The Morgan fingerprint density at radius 1 is 1.15 bits per heavy atom. The van der Waals surface area contributed by atoms with Crippen LogP contribution in [0.15, 0.2) is 17.0 Å². The number of hydrogen-bond acceptors (Lipinski definition) is 3. The molecule has 20 heavy (non-hydrogen) atoms. The summed E-state index contributed by atoms with van der Waals surface area (Å²) in [5.74, 6) is 0. The summed E-state index contributed by atoms with van der Waals surface area (Å²) in [4.78, 5) is 0.221. The maximum Gasteiger partial charge on any atom is 0.184 e. The van der Waals surface area contributed by atoms with Gasteiger partial charge >= 0.3 is 0 Å². The predicted molar refractivity (Wildman–Crippen MR) is 83.4 cm³/mol. The summed E-state index contributed by atoms with van der Waals surface area (Å²) in [6.07, 6.45) is 2.34. The molecule has 0 saturated carbocycles. The van der Waals surface area contributed by atoms with Crippen molar-refractivity contribution in [3.05, 3.63) is 27.7 Å². The summed E-state index contributed by atoms with van der Waals surface area (Å²) in [6.45, 7) is 4.78. The number of hydrogen-bond donors (Lipinski definition) is 1. The van der Waals surface area contributed by atoms with E-state index in [-0.39, 0.29) is 16.0 Å². The minimum absolute atomic E-state index is 0.221. The SMILES string of the molecule is CCCNC1c2c(Cl)ccc(Cl)c2S(=O)(=O)C1CCC. The van der Waals surface area contributed by atoms with Gasteiger partial charge < -0.3 is 5.32 Å². The second kappa shape index (κ2) is 6.22. The highest BCUT2D eigenvalue weighted by atomic mass is 35.5. The van der Waals surface area contributed by atoms with Crippen molar-refractivity contribution in [2.45, 2.75) is 49.3 Å². The van der Waals surface area contributed by atoms with Crippen molar-refractivity contribution < 1.29 is 8.42 Å². The molecule has 6 heteroatoms. The first-order valence-corrected chi connectivity index (χ1v) is 9.20. The van der Waals surface area contributed by atoms with Crippen LogP contribution in [0.25, 0.3) is 0 Å². The molecule has 1 aliphatic rings. The monoisotopic (exact) mass is 335 g/mol. The molecule has 112 valence electrons. The van der Waals surface area contributed by atoms with Crippen LogP contribution in [0.5, 0.6) is 0 Å². The van der Waals surface area contributed by atoms with Crippen LogP contribution in [0.2, 0.25) is 10.0 Å². The largest absolute Gasteiger partial charge is 0.309 e. The van der Waals surface area contributed by atoms with Crippen molar-refractivity contribution in [1.82, 2.24) is 5.32 Å². The van der Waals surface area contributed by atoms with Crippen molar-refractivity contribution in [2.75, 3.05) is 6.54 Å². The summed E-state index contributed by atoms with van der Waals surface area (Å²) >= 11 is 12.4. The molecule has 0 saturated heterocycles. The Balaban J connectivity index is 2.60. The first kappa shape index (κ1) is 16.1. The molecule has 1 aromatic rings. The zero-order chi connectivity index (χ0) is 14.9. The highest BCUT2D eigenvalue weighted by molar-refractivity contribution is 7.92. The number of sulfone groups is 1. The Kier molecular flexibility index (Phi) is 5.00. The van der Waals surface area contributed by atoms with Crippen molar-refractivity contribution in [3.63, 3.8) is 0 Å². The molecule has 0 aromatic heterocycles. The zero-order valence-electron chi connectivity index (χ0n) is 11.6. The molecule has 2 atom stereocenters. The van der Waals surface area contributed by atoms with Crippen molar-refractivity contribution >= 4 is 33.0 Å². The van der Waals surface area contributed by atoms with Gasteiger partial charge in [-0.15, -0.1) is 0 Å². The third-order valence-corrected chi connectivity index (χ3v) is 6.72. The lowest BCUT2D eigenvalue weighted by atomic mass is 10.0. The minimum Gasteiger partial charge on any atom is -0.309 e. The Morgan fingerprint density at radius 3 is 2.40 bits per heavy atom. The Hall–Kier alpha value is -0.290. The second-order valence-corrected chi connectivity index (χ2v) is 7.99. The summed E-state index contributed by atoms with van der Waals surface area (Å²) < 4.78 is 25.5. The van der Waals surface area contributed by atoms with Gasteiger partial charge in [0.25, 0.3) is 0 Å². The Bertz CT molecular complexity index is 601. The number of halogens is 2. The topological polar surface area (TPSA) is 46.2 Å². The van der Waals surface area contributed by atoms with Crippen LogP contribution >= 0.6 is 23.2 Å². The fourth-order valence-corrected chi connectivity index (χ4v) is 5.93. The van der Waals surface area contributed by atoms with E-state index in [1.165, 1.54) is 0 Å². The van der Waals surface area contributed by atoms with E-state index < -0.39 is 15.1 Å². The molecule has 0 bridgehead atoms. The molecule has 2 unspecified atom stereocenters. The summed E-state index contributed by atoms with van der Waals surface area (Å²) in [5.41, 5.74) is 0.645. The van der Waals surface area contributed by atoms with Crippen LogP contribution in [0, 0.1) is 0 Å². The third-order valence-electron chi connectivity index (χ3n) is 3.65. The lowest BCUT2D eigenvalue weighted by molar-refractivity contribution is 0.481. The lowest BCUT2D eigenvalue weighted by Gasteiger charge is -2.20. The highest BCUT2D eigenvalue weighted by Gasteiger charge is 2.46. The maximum atomic E-state index is 12.7. The van der Waals surface area contributed by atoms with E-state index in [2.05, 4.69) is 5.32 Å². The molecule has 1 N–H and O–H groups in total. The predicted octanol–water partition coefficient (Wildman–Crippen LogP) is 3.99. The van der Waals surface area contributed by atoms with Gasteiger partial charge in [0, 0.05) is 10.6 Å². The van der Waals surface area contributed by atoms with Gasteiger partial charge in [0.2, 0.25) is 0 Å². The average Bonchev–Trinajstić information content (AvgIpc) is 2.62. The van der Waals surface area contributed by atoms with Crippen LogP contribution < -0.4 is 5.32 Å². The van der Waals surface area contributed by atoms with Gasteiger partial charge in [0.05, 0.1) is 21.2 Å². The van der Waals surface area contributed by atoms with E-state index in [1.807, 2.05) is 13.8 Å². The van der Waals surface area contributed by atoms with Gasteiger partial charge in [0.15, 0.2) is 9.84 Å². The summed E-state index contributed by atoms with van der Waals surface area (Å²) in [6, 6.07) is 2.97. The van der Waals surface area contributed by atoms with E-state index in [1.54, 1.807) is 12.1 Å². The molecule has 0 aliphatic carbocycles. The molecule has 0 spiro atoms. The number of fused-ring (bicyclic) bond motifs is 1. The van der Waals surface area contributed by atoms with Gasteiger partial charge in [-0.2, -0.15) is 0 Å². The zero-order valence-corrected chi connectivity index (χ0v) is 13.9. The normalized spacial score (nSPS) is 23.8. The van der Waals surface area contributed by atoms with E-state index in [4.69, 9.17) is 23.2 Å². The second-order valence-electron chi connectivity index (χ2n) is 5.08. The van der Waals surface area contributed by atoms with Crippen molar-refractivity contribution in [2.24, 2.45) is 0 Å². The number of nitrogens with one attached hydrogen (secondary N) is 1. The van der Waals surface area contributed by atoms with Crippen molar-refractivity contribution in [1.29, 1.82) is 0 Å². The minimum atomic E-state index is -3.42. The van der Waals surface area contributed by atoms with Gasteiger partial charge in [-0.05, 0) is 31.5 Å². The van der Waals surface area contributed by atoms with Crippen molar-refractivity contribution in [3.8, 4) is 0 Å². The first-order valence-electron chi connectivity index (χ1n) is 6.90. The van der Waals surface area contributed by atoms with E-state index in [0.29, 0.717) is 17.0 Å². The van der Waals surface area contributed by atoms with E-state index in [0.717, 1.165) is 19.4 Å². The fourth-order valence-electron chi connectivity index (χ4n) is 2.78. The quantitative estimate of drug-likeness (QED) is 0.884. The summed E-state index contributed by atoms with van der Waals surface area (Å²) in [5, 5.41) is 3.59. The van der Waals surface area contributed by atoms with Crippen LogP contribution in [0.3, 0.4) is 0 Å². The van der Waals surface area contributed by atoms with Crippen LogP contribution in [-0.4, -0.2) is 20.2 Å². The Labute approximate surface area is 130 Å². The molecule has 3 nitrogen and oxygen atoms in total. The molecular weight excluding hydrogens is 317 g/mol. The molecule has 0 fully saturated rings. The van der Waals surface area contributed by atoms with Gasteiger partial charge in [-0.3, -0.25) is 0 Å². The molecular formula is C14H19Cl2NO2S.